The fourth-order valence-corrected chi connectivity index (χ4v) is 1.84. The Labute approximate surface area is 124 Å². The molecule has 0 fully saturated rings. The SMILES string of the molecule is Nc1nccnc1C(=O)Nc1ccccc1CCC(F)(F)F. The van der Waals surface area contributed by atoms with Crippen molar-refractivity contribution >= 4 is 17.4 Å². The number of nitrogens with zero attached hydrogens (tertiary/aromatic N) is 2. The Bertz CT molecular complexity index is 673. The Balaban J connectivity index is 2.16. The first-order chi connectivity index (χ1) is 10.4. The van der Waals surface area contributed by atoms with Crippen LogP contribution >= 0.6 is 0 Å². The number of benzene rings is 1. The molecule has 0 spiro atoms. The Hall–Kier alpha value is -2.64. The highest BCUT2D eigenvalue weighted by Crippen LogP contribution is 2.25. The summed E-state index contributed by atoms with van der Waals surface area (Å²) >= 11 is 0. The van der Waals surface area contributed by atoms with Gasteiger partial charge in [0.1, 0.15) is 0 Å². The molecule has 0 bridgehead atoms. The molecule has 1 aromatic carbocycles. The number of hydrogen-bond donors (Lipinski definition) is 2. The minimum absolute atomic E-state index is 0.0484. The van der Waals surface area contributed by atoms with Crippen molar-refractivity contribution in [3.8, 4) is 0 Å². The zero-order valence-electron chi connectivity index (χ0n) is 11.4. The number of aryl methyl sites for hydroxylation is 1. The van der Waals surface area contributed by atoms with Gasteiger partial charge in [0, 0.05) is 24.5 Å². The Morgan fingerprint density at radius 1 is 1.18 bits per heavy atom. The largest absolute Gasteiger partial charge is 0.389 e. The number of anilines is 2. The average Bonchev–Trinajstić information content (AvgIpc) is 2.46. The van der Waals surface area contributed by atoms with Crippen molar-refractivity contribution in [2.75, 3.05) is 11.1 Å². The van der Waals surface area contributed by atoms with Gasteiger partial charge in [0.05, 0.1) is 0 Å². The molecule has 2 aromatic rings. The third kappa shape index (κ3) is 4.18. The molecule has 1 heterocycles. The summed E-state index contributed by atoms with van der Waals surface area (Å²) in [7, 11) is 0. The molecule has 0 aliphatic carbocycles. The molecule has 5 nitrogen and oxygen atoms in total. The number of amides is 1. The van der Waals surface area contributed by atoms with Gasteiger partial charge in [0.15, 0.2) is 11.5 Å². The van der Waals surface area contributed by atoms with Gasteiger partial charge in [-0.1, -0.05) is 18.2 Å². The van der Waals surface area contributed by atoms with Gasteiger partial charge in [-0.15, -0.1) is 0 Å². The highest BCUT2D eigenvalue weighted by molar-refractivity contribution is 6.05. The first-order valence-electron chi connectivity index (χ1n) is 6.39. The number of aromatic nitrogens is 2. The van der Waals surface area contributed by atoms with E-state index in [2.05, 4.69) is 15.3 Å². The number of carbonyl (C=O) groups excluding carboxylic acids is 1. The van der Waals surface area contributed by atoms with Crippen LogP contribution in [0.25, 0.3) is 0 Å². The lowest BCUT2D eigenvalue weighted by atomic mass is 10.1. The van der Waals surface area contributed by atoms with Crippen LogP contribution in [0.15, 0.2) is 36.7 Å². The second kappa shape index (κ2) is 6.42. The van der Waals surface area contributed by atoms with Crippen LogP contribution in [0, 0.1) is 0 Å². The zero-order chi connectivity index (χ0) is 16.2. The molecule has 0 aliphatic rings. The number of nitrogens with two attached hydrogens (primary N) is 1. The second-order valence-corrected chi connectivity index (χ2v) is 4.52. The Kier molecular flexibility index (Phi) is 4.59. The third-order valence-corrected chi connectivity index (χ3v) is 2.88. The summed E-state index contributed by atoms with van der Waals surface area (Å²) in [5, 5.41) is 2.52. The number of para-hydroxylation sites is 1. The molecular formula is C14H13F3N4O. The van der Waals surface area contributed by atoms with E-state index in [0.29, 0.717) is 11.3 Å². The van der Waals surface area contributed by atoms with Crippen molar-refractivity contribution in [2.24, 2.45) is 0 Å². The van der Waals surface area contributed by atoms with Gasteiger partial charge >= 0.3 is 6.18 Å². The van der Waals surface area contributed by atoms with Crippen LogP contribution in [0.4, 0.5) is 24.7 Å². The normalized spacial score (nSPS) is 11.2. The van der Waals surface area contributed by atoms with Crippen molar-refractivity contribution in [1.29, 1.82) is 0 Å². The van der Waals surface area contributed by atoms with Gasteiger partial charge < -0.3 is 11.1 Å². The number of carbonyl (C=O) groups is 1. The number of nitrogens with one attached hydrogen (secondary N) is 1. The molecule has 0 unspecified atom stereocenters. The predicted molar refractivity (Wildman–Crippen MR) is 75.2 cm³/mol. The molecule has 0 saturated heterocycles. The number of halogens is 3. The summed E-state index contributed by atoms with van der Waals surface area (Å²) in [6.07, 6.45) is -2.81. The molecule has 0 radical (unpaired) electrons. The lowest BCUT2D eigenvalue weighted by molar-refractivity contribution is -0.133. The van der Waals surface area contributed by atoms with Gasteiger partial charge in [-0.05, 0) is 18.1 Å². The summed E-state index contributed by atoms with van der Waals surface area (Å²) < 4.78 is 37.0. The molecule has 1 amide bonds. The topological polar surface area (TPSA) is 80.9 Å². The van der Waals surface area contributed by atoms with Crippen molar-refractivity contribution in [3.05, 3.63) is 47.9 Å². The van der Waals surface area contributed by atoms with E-state index in [1.165, 1.54) is 24.5 Å². The first kappa shape index (κ1) is 15.7. The van der Waals surface area contributed by atoms with Crippen LogP contribution in [0.5, 0.6) is 0 Å². The monoisotopic (exact) mass is 310 g/mol. The van der Waals surface area contributed by atoms with Gasteiger partial charge in [-0.25, -0.2) is 9.97 Å². The van der Waals surface area contributed by atoms with Gasteiger partial charge in [-0.2, -0.15) is 13.2 Å². The Morgan fingerprint density at radius 3 is 2.55 bits per heavy atom. The standard InChI is InChI=1S/C14H13F3N4O/c15-14(16,17)6-5-9-3-1-2-4-10(9)21-13(22)11-12(18)20-8-7-19-11/h1-4,7-8H,5-6H2,(H2,18,20)(H,21,22). The number of hydrogen-bond acceptors (Lipinski definition) is 4. The highest BCUT2D eigenvalue weighted by atomic mass is 19.4. The van der Waals surface area contributed by atoms with E-state index in [1.807, 2.05) is 0 Å². The number of alkyl halides is 3. The maximum Gasteiger partial charge on any atom is 0.389 e. The minimum atomic E-state index is -4.26. The van der Waals surface area contributed by atoms with Crippen LogP contribution in [0.3, 0.4) is 0 Å². The molecule has 0 atom stereocenters. The smallest absolute Gasteiger partial charge is 0.382 e. The quantitative estimate of drug-likeness (QED) is 0.910. The molecule has 116 valence electrons. The summed E-state index contributed by atoms with van der Waals surface area (Å²) in [5.41, 5.74) is 6.15. The molecule has 22 heavy (non-hydrogen) atoms. The summed E-state index contributed by atoms with van der Waals surface area (Å²) in [5.74, 6) is -0.669. The maximum absolute atomic E-state index is 12.3. The molecule has 8 heteroatoms. The van der Waals surface area contributed by atoms with Gasteiger partial charge in [0.25, 0.3) is 5.91 Å². The molecule has 0 aliphatic heterocycles. The molecule has 3 N–H and O–H groups in total. The summed E-state index contributed by atoms with van der Waals surface area (Å²) in [6, 6.07) is 6.28. The fourth-order valence-electron chi connectivity index (χ4n) is 1.84. The van der Waals surface area contributed by atoms with Crippen molar-refractivity contribution in [3.63, 3.8) is 0 Å². The van der Waals surface area contributed by atoms with Crippen molar-refractivity contribution in [1.82, 2.24) is 9.97 Å². The van der Waals surface area contributed by atoms with Crippen LogP contribution < -0.4 is 11.1 Å². The fraction of sp³-hybridized carbons (Fsp3) is 0.214. The third-order valence-electron chi connectivity index (χ3n) is 2.88. The van der Waals surface area contributed by atoms with E-state index in [-0.39, 0.29) is 17.9 Å². The summed E-state index contributed by atoms with van der Waals surface area (Å²) in [4.78, 5) is 19.6. The lowest BCUT2D eigenvalue weighted by Gasteiger charge is -2.12. The lowest BCUT2D eigenvalue weighted by Crippen LogP contribution is -2.18. The van der Waals surface area contributed by atoms with Gasteiger partial charge in [0.2, 0.25) is 0 Å². The number of rotatable bonds is 4. The molecule has 2 rings (SSSR count). The zero-order valence-corrected chi connectivity index (χ0v) is 11.4. The van der Waals surface area contributed by atoms with Crippen LogP contribution in [0.1, 0.15) is 22.5 Å². The van der Waals surface area contributed by atoms with E-state index in [1.54, 1.807) is 12.1 Å². The minimum Gasteiger partial charge on any atom is -0.382 e. The van der Waals surface area contributed by atoms with E-state index in [9.17, 15) is 18.0 Å². The van der Waals surface area contributed by atoms with Crippen molar-refractivity contribution in [2.45, 2.75) is 19.0 Å². The highest BCUT2D eigenvalue weighted by Gasteiger charge is 2.27. The molecular weight excluding hydrogens is 297 g/mol. The van der Waals surface area contributed by atoms with Crippen molar-refractivity contribution < 1.29 is 18.0 Å². The van der Waals surface area contributed by atoms with E-state index < -0.39 is 18.5 Å². The van der Waals surface area contributed by atoms with E-state index >= 15 is 0 Å². The van der Waals surface area contributed by atoms with E-state index in [4.69, 9.17) is 5.73 Å². The maximum atomic E-state index is 12.3. The van der Waals surface area contributed by atoms with Gasteiger partial charge in [-0.3, -0.25) is 4.79 Å². The molecule has 1 aromatic heterocycles. The first-order valence-corrected chi connectivity index (χ1v) is 6.39. The number of nitrogen functional groups attached to an aromatic ring is 1. The second-order valence-electron chi connectivity index (χ2n) is 4.52. The summed E-state index contributed by atoms with van der Waals surface area (Å²) in [6.45, 7) is 0. The van der Waals surface area contributed by atoms with Crippen LogP contribution in [0.2, 0.25) is 0 Å². The Morgan fingerprint density at radius 2 is 1.86 bits per heavy atom. The average molecular weight is 310 g/mol. The van der Waals surface area contributed by atoms with Crippen LogP contribution in [-0.4, -0.2) is 22.1 Å². The molecule has 0 saturated carbocycles. The predicted octanol–water partition coefficient (Wildman–Crippen LogP) is 2.81. The van der Waals surface area contributed by atoms with E-state index in [0.717, 1.165) is 0 Å². The van der Waals surface area contributed by atoms with Crippen LogP contribution in [-0.2, 0) is 6.42 Å².